The summed E-state index contributed by atoms with van der Waals surface area (Å²) in [6.07, 6.45) is 4.65. The number of amides is 2. The van der Waals surface area contributed by atoms with Crippen molar-refractivity contribution >= 4 is 17.5 Å². The highest BCUT2D eigenvalue weighted by Gasteiger charge is 2.27. The molecule has 0 radical (unpaired) electrons. The van der Waals surface area contributed by atoms with Gasteiger partial charge in [-0.1, -0.05) is 32.9 Å². The third-order valence-electron chi connectivity index (χ3n) is 5.16. The van der Waals surface area contributed by atoms with Crippen molar-refractivity contribution in [3.8, 4) is 0 Å². The Labute approximate surface area is 166 Å². The van der Waals surface area contributed by atoms with E-state index in [2.05, 4.69) is 36.4 Å². The Morgan fingerprint density at radius 1 is 1.14 bits per heavy atom. The number of benzene rings is 1. The van der Waals surface area contributed by atoms with Gasteiger partial charge in [0.2, 0.25) is 0 Å². The van der Waals surface area contributed by atoms with E-state index in [-0.39, 0.29) is 11.8 Å². The van der Waals surface area contributed by atoms with Crippen LogP contribution < -0.4 is 10.6 Å². The fraction of sp³-hybridized carbons (Fsp3) is 0.500. The second-order valence-corrected chi connectivity index (χ2v) is 7.78. The van der Waals surface area contributed by atoms with Crippen LogP contribution in [0.25, 0.3) is 0 Å². The van der Waals surface area contributed by atoms with Crippen LogP contribution in [-0.2, 0) is 19.4 Å². The second-order valence-electron chi connectivity index (χ2n) is 7.78. The first-order valence-electron chi connectivity index (χ1n) is 10.3. The van der Waals surface area contributed by atoms with Gasteiger partial charge in [0.1, 0.15) is 5.69 Å². The van der Waals surface area contributed by atoms with Gasteiger partial charge in [-0.25, -0.2) is 4.98 Å². The predicted molar refractivity (Wildman–Crippen MR) is 111 cm³/mol. The van der Waals surface area contributed by atoms with E-state index < -0.39 is 0 Å². The Morgan fingerprint density at radius 2 is 1.89 bits per heavy atom. The topological polar surface area (TPSA) is 76.0 Å². The van der Waals surface area contributed by atoms with Gasteiger partial charge in [-0.15, -0.1) is 0 Å². The molecule has 2 heterocycles. The van der Waals surface area contributed by atoms with Gasteiger partial charge in [0, 0.05) is 18.8 Å². The van der Waals surface area contributed by atoms with Crippen LogP contribution in [-0.4, -0.2) is 27.9 Å². The van der Waals surface area contributed by atoms with Crippen LogP contribution >= 0.6 is 0 Å². The summed E-state index contributed by atoms with van der Waals surface area (Å²) in [6.45, 7) is 7.69. The lowest BCUT2D eigenvalue weighted by molar-refractivity contribution is 0.0946. The molecule has 0 saturated carbocycles. The van der Waals surface area contributed by atoms with E-state index in [0.717, 1.165) is 50.0 Å². The molecule has 0 aliphatic carbocycles. The van der Waals surface area contributed by atoms with Crippen molar-refractivity contribution in [1.82, 2.24) is 14.9 Å². The average Bonchev–Trinajstić information content (AvgIpc) is 3.08. The van der Waals surface area contributed by atoms with Crippen molar-refractivity contribution in [3.63, 3.8) is 0 Å². The van der Waals surface area contributed by atoms with E-state index in [1.807, 2.05) is 28.8 Å². The smallest absolute Gasteiger partial charge is 0.291 e. The van der Waals surface area contributed by atoms with Crippen molar-refractivity contribution in [1.29, 1.82) is 0 Å². The molecule has 2 amide bonds. The molecule has 0 unspecified atom stereocenters. The van der Waals surface area contributed by atoms with Crippen molar-refractivity contribution in [3.05, 3.63) is 47.0 Å². The molecule has 150 valence electrons. The molecule has 1 aromatic heterocycles. The number of hydrogen-bond donors (Lipinski definition) is 2. The minimum Gasteiger partial charge on any atom is -0.351 e. The summed E-state index contributed by atoms with van der Waals surface area (Å²) in [4.78, 5) is 30.0. The molecule has 2 N–H and O–H groups in total. The standard InChI is InChI=1S/C22H30N4O2/c1-4-16-8-10-17(11-9-16)24-22(28)20-25-19(18-7-5-6-14-26(18)20)21(27)23-13-12-15(2)3/h8-11,15H,4-7,12-14H2,1-3H3,(H,23,27)(H,24,28). The maximum atomic E-state index is 12.9. The average molecular weight is 383 g/mol. The lowest BCUT2D eigenvalue weighted by Crippen LogP contribution is -2.27. The minimum absolute atomic E-state index is 0.183. The van der Waals surface area contributed by atoms with Gasteiger partial charge in [-0.05, 0) is 55.7 Å². The Hall–Kier alpha value is -2.63. The number of imidazole rings is 1. The van der Waals surface area contributed by atoms with Gasteiger partial charge in [-0.2, -0.15) is 0 Å². The second kappa shape index (κ2) is 9.04. The zero-order chi connectivity index (χ0) is 20.1. The number of rotatable bonds is 7. The molecule has 6 nitrogen and oxygen atoms in total. The third kappa shape index (κ3) is 4.61. The zero-order valence-electron chi connectivity index (χ0n) is 17.0. The molecule has 28 heavy (non-hydrogen) atoms. The molecule has 1 aliphatic heterocycles. The van der Waals surface area contributed by atoms with Crippen molar-refractivity contribution in [2.24, 2.45) is 5.92 Å². The molecule has 0 bridgehead atoms. The van der Waals surface area contributed by atoms with Crippen molar-refractivity contribution in [2.45, 2.75) is 59.4 Å². The summed E-state index contributed by atoms with van der Waals surface area (Å²) >= 11 is 0. The van der Waals surface area contributed by atoms with Crippen molar-refractivity contribution in [2.75, 3.05) is 11.9 Å². The Balaban J connectivity index is 1.79. The van der Waals surface area contributed by atoms with Gasteiger partial charge in [0.25, 0.3) is 11.8 Å². The fourth-order valence-electron chi connectivity index (χ4n) is 3.47. The van der Waals surface area contributed by atoms with E-state index >= 15 is 0 Å². The predicted octanol–water partition coefficient (Wildman–Crippen LogP) is 3.81. The largest absolute Gasteiger partial charge is 0.351 e. The molecule has 0 spiro atoms. The van der Waals surface area contributed by atoms with Gasteiger partial charge in [0.15, 0.2) is 5.82 Å². The van der Waals surface area contributed by atoms with E-state index in [1.54, 1.807) is 0 Å². The number of aromatic nitrogens is 2. The molecule has 3 rings (SSSR count). The fourth-order valence-corrected chi connectivity index (χ4v) is 3.47. The van der Waals surface area contributed by atoms with Crippen LogP contribution in [0.15, 0.2) is 24.3 Å². The Bertz CT molecular complexity index is 837. The molecular formula is C22H30N4O2. The van der Waals surface area contributed by atoms with E-state index in [9.17, 15) is 9.59 Å². The Morgan fingerprint density at radius 3 is 2.57 bits per heavy atom. The summed E-state index contributed by atoms with van der Waals surface area (Å²) in [5, 5.41) is 5.86. The number of fused-ring (bicyclic) bond motifs is 1. The van der Waals surface area contributed by atoms with E-state index in [4.69, 9.17) is 0 Å². The zero-order valence-corrected chi connectivity index (χ0v) is 17.0. The monoisotopic (exact) mass is 382 g/mol. The van der Waals surface area contributed by atoms with Gasteiger partial charge in [-0.3, -0.25) is 9.59 Å². The van der Waals surface area contributed by atoms with Gasteiger partial charge in [0.05, 0.1) is 5.69 Å². The molecule has 0 atom stereocenters. The lowest BCUT2D eigenvalue weighted by Gasteiger charge is -2.17. The lowest BCUT2D eigenvalue weighted by atomic mass is 10.1. The van der Waals surface area contributed by atoms with E-state index in [1.165, 1.54) is 5.56 Å². The highest BCUT2D eigenvalue weighted by atomic mass is 16.2. The minimum atomic E-state index is -0.270. The van der Waals surface area contributed by atoms with Crippen LogP contribution in [0.5, 0.6) is 0 Å². The number of nitrogens with zero attached hydrogens (tertiary/aromatic N) is 2. The number of anilines is 1. The van der Waals surface area contributed by atoms with Crippen LogP contribution in [0.4, 0.5) is 5.69 Å². The molecule has 6 heteroatoms. The van der Waals surface area contributed by atoms with Crippen LogP contribution in [0.1, 0.15) is 72.4 Å². The SMILES string of the molecule is CCc1ccc(NC(=O)c2nc(C(=O)NCCC(C)C)c3n2CCCC3)cc1. The highest BCUT2D eigenvalue weighted by molar-refractivity contribution is 6.03. The molecule has 2 aromatic rings. The van der Waals surface area contributed by atoms with Crippen LogP contribution in [0.2, 0.25) is 0 Å². The molecule has 1 aliphatic rings. The number of carbonyl (C=O) groups is 2. The summed E-state index contributed by atoms with van der Waals surface area (Å²) < 4.78 is 1.91. The van der Waals surface area contributed by atoms with Gasteiger partial charge < -0.3 is 15.2 Å². The first kappa shape index (κ1) is 20.1. The maximum absolute atomic E-state index is 12.9. The maximum Gasteiger partial charge on any atom is 0.291 e. The normalized spacial score (nSPS) is 13.3. The van der Waals surface area contributed by atoms with Crippen LogP contribution in [0.3, 0.4) is 0 Å². The Kier molecular flexibility index (Phi) is 6.49. The van der Waals surface area contributed by atoms with Crippen LogP contribution in [0, 0.1) is 5.92 Å². The first-order chi connectivity index (χ1) is 13.5. The quantitative estimate of drug-likeness (QED) is 0.764. The van der Waals surface area contributed by atoms with E-state index in [0.29, 0.717) is 24.0 Å². The molecule has 0 fully saturated rings. The van der Waals surface area contributed by atoms with Crippen molar-refractivity contribution < 1.29 is 9.59 Å². The number of nitrogens with one attached hydrogen (secondary N) is 2. The third-order valence-corrected chi connectivity index (χ3v) is 5.16. The summed E-state index contributed by atoms with van der Waals surface area (Å²) in [6, 6.07) is 7.81. The number of hydrogen-bond acceptors (Lipinski definition) is 3. The number of aryl methyl sites for hydroxylation is 1. The summed E-state index contributed by atoms with van der Waals surface area (Å²) in [7, 11) is 0. The number of carbonyl (C=O) groups excluding carboxylic acids is 2. The molecule has 0 saturated heterocycles. The van der Waals surface area contributed by atoms with Gasteiger partial charge >= 0.3 is 0 Å². The highest BCUT2D eigenvalue weighted by Crippen LogP contribution is 2.22. The molecule has 1 aromatic carbocycles. The summed E-state index contributed by atoms with van der Waals surface area (Å²) in [5.41, 5.74) is 3.23. The molecular weight excluding hydrogens is 352 g/mol. The summed E-state index contributed by atoms with van der Waals surface area (Å²) in [5.74, 6) is 0.395. The first-order valence-corrected chi connectivity index (χ1v) is 10.3.